The maximum atomic E-state index is 12.5. The van der Waals surface area contributed by atoms with Crippen LogP contribution in [-0.2, 0) is 19.1 Å². The van der Waals surface area contributed by atoms with Gasteiger partial charge in [0, 0.05) is 0 Å². The number of carbonyl (C=O) groups excluding carboxylic acids is 2. The molecule has 0 spiro atoms. The van der Waals surface area contributed by atoms with Crippen molar-refractivity contribution in [1.82, 2.24) is 0 Å². The standard InChI is InChI=1S/C64H122O6/c1-2-3-4-5-6-7-8-9-10-11-12-13-14-15-16-17-18-19-20-21-22-23-24-25-26-27-28-29-30-31-32-33-34-35-36-37-38-39-40-41-42-43-44-45-46-47-48-49-50-51-52-53-54-55-61-56-62(67)69-59-64(57-65,58-66)60-70-63(61)68/h21-22,61,65-66H,2-20,23-60H2,1H3/b22-21+. The lowest BCUT2D eigenvalue weighted by Gasteiger charge is -2.27. The minimum atomic E-state index is -1.12. The Hall–Kier alpha value is -1.40. The van der Waals surface area contributed by atoms with Crippen LogP contribution >= 0.6 is 0 Å². The molecular weight excluding hydrogens is 865 g/mol. The first kappa shape index (κ1) is 66.6. The molecule has 6 nitrogen and oxygen atoms in total. The zero-order chi connectivity index (χ0) is 50.4. The highest BCUT2D eigenvalue weighted by atomic mass is 16.6. The number of carbonyl (C=O) groups is 2. The van der Waals surface area contributed by atoms with Crippen LogP contribution in [0.1, 0.15) is 347 Å². The van der Waals surface area contributed by atoms with Crippen LogP contribution in [0.4, 0.5) is 0 Å². The molecule has 0 aromatic heterocycles. The lowest BCUT2D eigenvalue weighted by Crippen LogP contribution is -2.40. The van der Waals surface area contributed by atoms with E-state index < -0.39 is 36.5 Å². The van der Waals surface area contributed by atoms with Gasteiger partial charge in [-0.3, -0.25) is 9.59 Å². The molecule has 70 heavy (non-hydrogen) atoms. The summed E-state index contributed by atoms with van der Waals surface area (Å²) < 4.78 is 10.6. The fourth-order valence-corrected chi connectivity index (χ4v) is 10.6. The monoisotopic (exact) mass is 987 g/mol. The number of allylic oxidation sites excluding steroid dienone is 2. The van der Waals surface area contributed by atoms with Crippen molar-refractivity contribution < 1.29 is 29.3 Å². The van der Waals surface area contributed by atoms with E-state index >= 15 is 0 Å². The summed E-state index contributed by atoms with van der Waals surface area (Å²) in [7, 11) is 0. The molecule has 0 aromatic carbocycles. The second-order valence-corrected chi connectivity index (χ2v) is 22.8. The second kappa shape index (κ2) is 53.9. The fraction of sp³-hybridized carbons (Fsp3) is 0.938. The number of unbranched alkanes of at least 4 members (excludes halogenated alkanes) is 49. The normalized spacial score (nSPS) is 15.3. The Labute approximate surface area is 436 Å². The molecule has 0 radical (unpaired) electrons. The van der Waals surface area contributed by atoms with Crippen molar-refractivity contribution in [2.75, 3.05) is 26.4 Å². The molecule has 0 aliphatic carbocycles. The molecule has 1 rings (SSSR count). The summed E-state index contributed by atoms with van der Waals surface area (Å²) in [4.78, 5) is 24.7. The predicted molar refractivity (Wildman–Crippen MR) is 302 cm³/mol. The van der Waals surface area contributed by atoms with Crippen LogP contribution in [0.3, 0.4) is 0 Å². The summed E-state index contributed by atoms with van der Waals surface area (Å²) in [5.41, 5.74) is -1.12. The number of hydrogen-bond acceptors (Lipinski definition) is 6. The Morgan fingerprint density at radius 2 is 0.614 bits per heavy atom. The van der Waals surface area contributed by atoms with E-state index in [0.717, 1.165) is 19.3 Å². The van der Waals surface area contributed by atoms with Crippen LogP contribution in [0.25, 0.3) is 0 Å². The SMILES string of the molecule is CCCCCCCCCCCCCCCCCCCC/C=C/CCCCCCCCCCCCCCCCCCCCCCCCCCCCCCCCCC1CC(=O)OCC(CO)(CO)COC1=O. The minimum Gasteiger partial charge on any atom is -0.465 e. The van der Waals surface area contributed by atoms with Gasteiger partial charge in [-0.1, -0.05) is 321 Å². The van der Waals surface area contributed by atoms with Crippen molar-refractivity contribution in [1.29, 1.82) is 0 Å². The van der Waals surface area contributed by atoms with Crippen LogP contribution in [-0.4, -0.2) is 48.6 Å². The molecule has 0 saturated carbocycles. The summed E-state index contributed by atoms with van der Waals surface area (Å²) in [5.74, 6) is -1.40. The third-order valence-corrected chi connectivity index (χ3v) is 15.8. The molecule has 1 saturated heterocycles. The van der Waals surface area contributed by atoms with E-state index in [1.165, 1.54) is 308 Å². The summed E-state index contributed by atoms with van der Waals surface area (Å²) in [6, 6.07) is 0. The number of aliphatic hydroxyl groups excluding tert-OH is 2. The van der Waals surface area contributed by atoms with E-state index in [-0.39, 0.29) is 19.6 Å². The fourth-order valence-electron chi connectivity index (χ4n) is 10.6. The van der Waals surface area contributed by atoms with Crippen molar-refractivity contribution in [3.05, 3.63) is 12.2 Å². The molecule has 1 unspecified atom stereocenters. The first-order chi connectivity index (χ1) is 34.6. The Morgan fingerprint density at radius 1 is 0.371 bits per heavy atom. The molecule has 1 aliphatic heterocycles. The third kappa shape index (κ3) is 45.2. The van der Waals surface area contributed by atoms with Gasteiger partial charge in [0.1, 0.15) is 13.2 Å². The zero-order valence-corrected chi connectivity index (χ0v) is 47.1. The molecule has 1 fully saturated rings. The third-order valence-electron chi connectivity index (χ3n) is 15.8. The van der Waals surface area contributed by atoms with Gasteiger partial charge in [-0.25, -0.2) is 0 Å². The minimum absolute atomic E-state index is 0.00482. The van der Waals surface area contributed by atoms with Gasteiger partial charge >= 0.3 is 11.9 Å². The first-order valence-corrected chi connectivity index (χ1v) is 31.8. The topological polar surface area (TPSA) is 93.1 Å². The van der Waals surface area contributed by atoms with Crippen molar-refractivity contribution in [2.45, 2.75) is 347 Å². The van der Waals surface area contributed by atoms with Crippen LogP contribution < -0.4 is 0 Å². The maximum absolute atomic E-state index is 12.5. The van der Waals surface area contributed by atoms with Crippen LogP contribution in [0, 0.1) is 11.3 Å². The molecular formula is C64H122O6. The lowest BCUT2D eigenvalue weighted by molar-refractivity contribution is -0.155. The van der Waals surface area contributed by atoms with Gasteiger partial charge in [-0.15, -0.1) is 0 Å². The van der Waals surface area contributed by atoms with Crippen molar-refractivity contribution in [2.24, 2.45) is 11.3 Å². The lowest BCUT2D eigenvalue weighted by atomic mass is 9.92. The Bertz CT molecular complexity index is 1100. The molecule has 1 aliphatic rings. The van der Waals surface area contributed by atoms with E-state index in [9.17, 15) is 19.8 Å². The molecule has 1 heterocycles. The Balaban J connectivity index is 1.68. The molecule has 1 atom stereocenters. The van der Waals surface area contributed by atoms with Gasteiger partial charge in [-0.05, 0) is 32.1 Å². The first-order valence-electron chi connectivity index (χ1n) is 31.8. The summed E-state index contributed by atoms with van der Waals surface area (Å²) in [6.45, 7) is 1.21. The number of rotatable bonds is 55. The molecule has 414 valence electrons. The highest BCUT2D eigenvalue weighted by Gasteiger charge is 2.36. The Kier molecular flexibility index (Phi) is 51.3. The average Bonchev–Trinajstić information content (AvgIpc) is 3.43. The molecule has 6 heteroatoms. The Morgan fingerprint density at radius 3 is 0.886 bits per heavy atom. The van der Waals surface area contributed by atoms with E-state index in [0.29, 0.717) is 6.42 Å². The van der Waals surface area contributed by atoms with E-state index in [2.05, 4.69) is 19.1 Å². The number of aliphatic hydroxyl groups is 2. The predicted octanol–water partition coefficient (Wildman–Crippen LogP) is 19.9. The van der Waals surface area contributed by atoms with Gasteiger partial charge in [0.15, 0.2) is 0 Å². The number of ether oxygens (including phenoxy) is 2. The van der Waals surface area contributed by atoms with E-state index in [4.69, 9.17) is 9.47 Å². The quantitative estimate of drug-likeness (QED) is 0.0358. The van der Waals surface area contributed by atoms with Crippen molar-refractivity contribution >= 4 is 11.9 Å². The molecule has 0 amide bonds. The summed E-state index contributed by atoms with van der Waals surface area (Å²) >= 11 is 0. The van der Waals surface area contributed by atoms with Gasteiger partial charge in [0.25, 0.3) is 0 Å². The van der Waals surface area contributed by atoms with Crippen molar-refractivity contribution in [3.8, 4) is 0 Å². The average molecular weight is 988 g/mol. The van der Waals surface area contributed by atoms with Crippen LogP contribution in [0.15, 0.2) is 12.2 Å². The van der Waals surface area contributed by atoms with Crippen LogP contribution in [0.2, 0.25) is 0 Å². The van der Waals surface area contributed by atoms with E-state index in [1.54, 1.807) is 0 Å². The molecule has 0 aromatic rings. The molecule has 0 bridgehead atoms. The molecule has 2 N–H and O–H groups in total. The van der Waals surface area contributed by atoms with Gasteiger partial charge in [0.05, 0.1) is 31.0 Å². The van der Waals surface area contributed by atoms with Crippen molar-refractivity contribution in [3.63, 3.8) is 0 Å². The number of esters is 2. The van der Waals surface area contributed by atoms with Gasteiger partial charge < -0.3 is 19.7 Å². The largest absolute Gasteiger partial charge is 0.465 e. The highest BCUT2D eigenvalue weighted by Crippen LogP contribution is 2.25. The van der Waals surface area contributed by atoms with Gasteiger partial charge in [-0.2, -0.15) is 0 Å². The van der Waals surface area contributed by atoms with Crippen LogP contribution in [0.5, 0.6) is 0 Å². The van der Waals surface area contributed by atoms with E-state index in [1.807, 2.05) is 0 Å². The second-order valence-electron chi connectivity index (χ2n) is 22.8. The summed E-state index contributed by atoms with van der Waals surface area (Å²) in [5, 5.41) is 19.2. The highest BCUT2D eigenvalue weighted by molar-refractivity contribution is 5.80. The number of cyclic esters (lactones) is 2. The summed E-state index contributed by atoms with van der Waals surface area (Å²) in [6.07, 6.45) is 77.2. The smallest absolute Gasteiger partial charge is 0.309 e. The maximum Gasteiger partial charge on any atom is 0.309 e. The number of hydrogen-bond donors (Lipinski definition) is 2. The zero-order valence-electron chi connectivity index (χ0n) is 47.1. The van der Waals surface area contributed by atoms with Gasteiger partial charge in [0.2, 0.25) is 0 Å².